The second kappa shape index (κ2) is 10.8. The third-order valence-electron chi connectivity index (χ3n) is 8.22. The molecule has 1 saturated heterocycles. The molecule has 210 valence electrons. The van der Waals surface area contributed by atoms with Crippen LogP contribution >= 0.6 is 0 Å². The summed E-state index contributed by atoms with van der Waals surface area (Å²) in [5, 5.41) is 13.2. The van der Waals surface area contributed by atoms with Crippen molar-refractivity contribution in [2.45, 2.75) is 155 Å². The molecular formula is C29H55NO5Si. The van der Waals surface area contributed by atoms with Gasteiger partial charge in [-0.15, -0.1) is 0 Å². The van der Waals surface area contributed by atoms with Crippen molar-refractivity contribution in [2.75, 3.05) is 0 Å². The maximum absolute atomic E-state index is 13.2. The standard InChI is InChI=1S/C29H55NO5Si/c1-20(34-30-28(8,9)17-14-18-29(30,10)11)15-16-21-23(35-36(12,13)27(5,6)7)19-22(31)24(21)25(32)33-26(2,3)4/h15-16,20-24,31H,14,17-19H2,1-13H3/t20-,21+,22+,23-,24-/m0/s1. The predicted octanol–water partition coefficient (Wildman–Crippen LogP) is 6.63. The first kappa shape index (κ1) is 31.5. The van der Waals surface area contributed by atoms with Crippen molar-refractivity contribution in [3.05, 3.63) is 12.2 Å². The highest BCUT2D eigenvalue weighted by Crippen LogP contribution is 2.44. The van der Waals surface area contributed by atoms with Gasteiger partial charge < -0.3 is 14.3 Å². The number of hydroxylamine groups is 2. The molecule has 1 N–H and O–H groups in total. The van der Waals surface area contributed by atoms with Gasteiger partial charge in [0.25, 0.3) is 0 Å². The van der Waals surface area contributed by atoms with Crippen LogP contribution in [-0.2, 0) is 18.8 Å². The van der Waals surface area contributed by atoms with E-state index in [1.54, 1.807) is 0 Å². The lowest BCUT2D eigenvalue weighted by atomic mass is 9.82. The molecule has 6 nitrogen and oxygen atoms in total. The van der Waals surface area contributed by atoms with Gasteiger partial charge in [-0.25, -0.2) is 0 Å². The highest BCUT2D eigenvalue weighted by molar-refractivity contribution is 6.74. The predicted molar refractivity (Wildman–Crippen MR) is 149 cm³/mol. The lowest BCUT2D eigenvalue weighted by Crippen LogP contribution is -2.59. The highest BCUT2D eigenvalue weighted by atomic mass is 28.4. The molecule has 36 heavy (non-hydrogen) atoms. The van der Waals surface area contributed by atoms with Gasteiger partial charge in [-0.2, -0.15) is 5.06 Å². The van der Waals surface area contributed by atoms with Crippen LogP contribution in [0, 0.1) is 11.8 Å². The molecule has 0 aromatic rings. The monoisotopic (exact) mass is 525 g/mol. The van der Waals surface area contributed by atoms with Crippen LogP contribution in [-0.4, -0.2) is 59.4 Å². The number of hydrogen-bond donors (Lipinski definition) is 1. The fraction of sp³-hybridized carbons (Fsp3) is 0.897. The number of hydrogen-bond acceptors (Lipinski definition) is 6. The van der Waals surface area contributed by atoms with Gasteiger partial charge in [0.05, 0.1) is 24.2 Å². The number of aliphatic hydroxyl groups is 1. The van der Waals surface area contributed by atoms with Crippen LogP contribution in [0.5, 0.6) is 0 Å². The minimum atomic E-state index is -2.12. The number of piperidine rings is 1. The second-order valence-corrected chi connectivity index (χ2v) is 19.6. The number of ether oxygens (including phenoxy) is 1. The van der Waals surface area contributed by atoms with Crippen molar-refractivity contribution < 1.29 is 23.9 Å². The van der Waals surface area contributed by atoms with Crippen molar-refractivity contribution in [2.24, 2.45) is 11.8 Å². The Kier molecular flexibility index (Phi) is 9.44. The largest absolute Gasteiger partial charge is 0.460 e. The molecule has 1 saturated carbocycles. The summed E-state index contributed by atoms with van der Waals surface area (Å²) in [6.45, 7) is 27.6. The molecule has 0 unspecified atom stereocenters. The van der Waals surface area contributed by atoms with Crippen LogP contribution in [0.15, 0.2) is 12.2 Å². The summed E-state index contributed by atoms with van der Waals surface area (Å²) in [5.41, 5.74) is -0.730. The van der Waals surface area contributed by atoms with E-state index in [0.717, 1.165) is 12.8 Å². The van der Waals surface area contributed by atoms with Crippen LogP contribution in [0.25, 0.3) is 0 Å². The minimum Gasteiger partial charge on any atom is -0.460 e. The van der Waals surface area contributed by atoms with E-state index >= 15 is 0 Å². The van der Waals surface area contributed by atoms with Gasteiger partial charge in [-0.3, -0.25) is 9.63 Å². The number of aliphatic hydroxyl groups excluding tert-OH is 1. The zero-order valence-electron chi connectivity index (χ0n) is 25.4. The number of nitrogens with zero attached hydrogens (tertiary/aromatic N) is 1. The molecule has 2 fully saturated rings. The Morgan fingerprint density at radius 3 is 2.06 bits per heavy atom. The molecule has 0 amide bonds. The quantitative estimate of drug-likeness (QED) is 0.228. The molecular weight excluding hydrogens is 470 g/mol. The van der Waals surface area contributed by atoms with E-state index in [0.29, 0.717) is 6.42 Å². The van der Waals surface area contributed by atoms with E-state index in [-0.39, 0.29) is 40.2 Å². The number of esters is 1. The fourth-order valence-corrected chi connectivity index (χ4v) is 6.75. The van der Waals surface area contributed by atoms with E-state index in [9.17, 15) is 9.90 Å². The summed E-state index contributed by atoms with van der Waals surface area (Å²) in [6, 6.07) is 0. The molecule has 2 aliphatic rings. The van der Waals surface area contributed by atoms with E-state index in [4.69, 9.17) is 14.0 Å². The maximum atomic E-state index is 13.2. The van der Waals surface area contributed by atoms with Crippen molar-refractivity contribution in [1.29, 1.82) is 0 Å². The Morgan fingerprint density at radius 2 is 1.58 bits per heavy atom. The van der Waals surface area contributed by atoms with E-state index in [1.165, 1.54) is 6.42 Å². The Bertz CT molecular complexity index is 776. The molecule has 1 aliphatic carbocycles. The normalized spacial score (nSPS) is 30.5. The lowest BCUT2D eigenvalue weighted by molar-refractivity contribution is -0.293. The van der Waals surface area contributed by atoms with E-state index in [1.807, 2.05) is 39.8 Å². The van der Waals surface area contributed by atoms with Crippen molar-refractivity contribution >= 4 is 14.3 Å². The Morgan fingerprint density at radius 1 is 1.06 bits per heavy atom. The SMILES string of the molecule is C[C@@H](C=C[C@H]1[C@H](C(=O)OC(C)(C)C)[C@H](O)C[C@@H]1O[Si](C)(C)C(C)(C)C)ON1C(C)(C)CCCC1(C)C. The Labute approximate surface area is 222 Å². The summed E-state index contributed by atoms with van der Waals surface area (Å²) >= 11 is 0. The molecule has 2 rings (SSSR count). The van der Waals surface area contributed by atoms with Crippen molar-refractivity contribution in [1.82, 2.24) is 5.06 Å². The maximum Gasteiger partial charge on any atom is 0.312 e. The lowest BCUT2D eigenvalue weighted by Gasteiger charge is -2.52. The van der Waals surface area contributed by atoms with Crippen LogP contribution in [0.1, 0.15) is 102 Å². The molecule has 0 bridgehead atoms. The van der Waals surface area contributed by atoms with Gasteiger partial charge in [0.2, 0.25) is 0 Å². The first-order valence-corrected chi connectivity index (χ1v) is 16.7. The number of rotatable bonds is 7. The van der Waals surface area contributed by atoms with Crippen LogP contribution in [0.2, 0.25) is 18.1 Å². The molecule has 1 heterocycles. The first-order valence-electron chi connectivity index (χ1n) is 13.8. The van der Waals surface area contributed by atoms with Gasteiger partial charge in [0, 0.05) is 17.0 Å². The zero-order chi connectivity index (χ0) is 27.9. The smallest absolute Gasteiger partial charge is 0.312 e. The van der Waals surface area contributed by atoms with Gasteiger partial charge in [0.1, 0.15) is 5.60 Å². The molecule has 1 aliphatic heterocycles. The second-order valence-electron chi connectivity index (χ2n) is 14.8. The van der Waals surface area contributed by atoms with Crippen molar-refractivity contribution in [3.63, 3.8) is 0 Å². The Balaban J connectivity index is 2.31. The molecule has 0 aromatic carbocycles. The third-order valence-corrected chi connectivity index (χ3v) is 12.7. The average molecular weight is 526 g/mol. The van der Waals surface area contributed by atoms with Gasteiger partial charge >= 0.3 is 5.97 Å². The molecule has 0 spiro atoms. The molecule has 5 atom stereocenters. The van der Waals surface area contributed by atoms with Gasteiger partial charge in [0.15, 0.2) is 8.32 Å². The van der Waals surface area contributed by atoms with E-state index < -0.39 is 25.9 Å². The summed E-state index contributed by atoms with van der Waals surface area (Å²) in [4.78, 5) is 19.7. The summed E-state index contributed by atoms with van der Waals surface area (Å²) in [6.07, 6.45) is 6.62. The van der Waals surface area contributed by atoms with Gasteiger partial charge in [-0.05, 0) is 99.2 Å². The van der Waals surface area contributed by atoms with Gasteiger partial charge in [-0.1, -0.05) is 32.9 Å². The minimum absolute atomic E-state index is 0.0258. The van der Waals surface area contributed by atoms with Crippen LogP contribution in [0.4, 0.5) is 0 Å². The summed E-state index contributed by atoms with van der Waals surface area (Å²) in [7, 11) is -2.12. The summed E-state index contributed by atoms with van der Waals surface area (Å²) in [5.74, 6) is -1.31. The third kappa shape index (κ3) is 7.65. The topological polar surface area (TPSA) is 68.2 Å². The highest BCUT2D eigenvalue weighted by Gasteiger charge is 2.51. The average Bonchev–Trinajstić information content (AvgIpc) is 2.94. The Hall–Kier alpha value is -0.733. The van der Waals surface area contributed by atoms with Crippen molar-refractivity contribution in [3.8, 4) is 0 Å². The zero-order valence-corrected chi connectivity index (χ0v) is 26.4. The fourth-order valence-electron chi connectivity index (χ4n) is 5.39. The first-order chi connectivity index (χ1) is 16.1. The molecule has 0 aromatic heterocycles. The summed E-state index contributed by atoms with van der Waals surface area (Å²) < 4.78 is 12.5. The van der Waals surface area contributed by atoms with Crippen LogP contribution < -0.4 is 0 Å². The van der Waals surface area contributed by atoms with E-state index in [2.05, 4.69) is 66.6 Å². The number of carbonyl (C=O) groups excluding carboxylic acids is 1. The van der Waals surface area contributed by atoms with Crippen LogP contribution in [0.3, 0.4) is 0 Å². The molecule has 7 heteroatoms. The molecule has 0 radical (unpaired) electrons. The number of carbonyl (C=O) groups is 1.